The molecule has 3 atom stereocenters. The van der Waals surface area contributed by atoms with Crippen LogP contribution in [-0.4, -0.2) is 28.6 Å². The second-order valence-corrected chi connectivity index (χ2v) is 8.65. The lowest BCUT2D eigenvalue weighted by atomic mass is 10.1. The molecule has 0 aliphatic carbocycles. The molecular weight excluding hydrogens is 334 g/mol. The first-order chi connectivity index (χ1) is 8.24. The van der Waals surface area contributed by atoms with Gasteiger partial charge in [0.1, 0.15) is 0 Å². The van der Waals surface area contributed by atoms with Crippen LogP contribution in [0, 0.1) is 0 Å². The monoisotopic (exact) mass is 351 g/mol. The van der Waals surface area contributed by atoms with Crippen LogP contribution < -0.4 is 5.32 Å². The summed E-state index contributed by atoms with van der Waals surface area (Å²) in [5, 5.41) is 7.26. The third-order valence-corrected chi connectivity index (χ3v) is 8.07. The van der Waals surface area contributed by atoms with E-state index in [2.05, 4.69) is 70.1 Å². The zero-order chi connectivity index (χ0) is 12.3. The summed E-state index contributed by atoms with van der Waals surface area (Å²) < 4.78 is 1.26. The maximum absolute atomic E-state index is 3.68. The number of halogens is 1. The average molecular weight is 352 g/mol. The Bertz CT molecular complexity index is 355. The van der Waals surface area contributed by atoms with E-state index in [9.17, 15) is 0 Å². The summed E-state index contributed by atoms with van der Waals surface area (Å²) in [6, 6.07) is 2.65. The van der Waals surface area contributed by atoms with Gasteiger partial charge in [-0.05, 0) is 33.9 Å². The van der Waals surface area contributed by atoms with Crippen molar-refractivity contribution in [3.8, 4) is 0 Å². The molecule has 1 N–H and O–H groups in total. The molecule has 0 radical (unpaired) electrons. The summed E-state index contributed by atoms with van der Waals surface area (Å²) in [5.74, 6) is 2.58. The molecule has 17 heavy (non-hydrogen) atoms. The van der Waals surface area contributed by atoms with Crippen molar-refractivity contribution in [1.29, 1.82) is 0 Å². The Balaban J connectivity index is 2.19. The lowest BCUT2D eigenvalue weighted by molar-refractivity contribution is 0.532. The summed E-state index contributed by atoms with van der Waals surface area (Å²) >= 11 is 9.78. The normalized spacial score (nSPS) is 27.0. The molecule has 1 aromatic heterocycles. The number of thioether (sulfide) groups is 2. The minimum absolute atomic E-state index is 0.488. The van der Waals surface area contributed by atoms with Crippen molar-refractivity contribution in [2.24, 2.45) is 0 Å². The van der Waals surface area contributed by atoms with E-state index in [-0.39, 0.29) is 0 Å². The van der Waals surface area contributed by atoms with E-state index in [0.717, 1.165) is 11.8 Å². The largest absolute Gasteiger partial charge is 0.309 e. The second-order valence-electron chi connectivity index (χ2n) is 4.08. The summed E-state index contributed by atoms with van der Waals surface area (Å²) in [6.45, 7) is 5.59. The molecule has 3 unspecified atom stereocenters. The lowest BCUT2D eigenvalue weighted by Gasteiger charge is -2.34. The van der Waals surface area contributed by atoms with Gasteiger partial charge in [0, 0.05) is 31.4 Å². The van der Waals surface area contributed by atoms with Gasteiger partial charge in [-0.25, -0.2) is 0 Å². The van der Waals surface area contributed by atoms with Crippen molar-refractivity contribution in [2.45, 2.75) is 30.4 Å². The predicted molar refractivity (Wildman–Crippen MR) is 86.6 cm³/mol. The predicted octanol–water partition coefficient (Wildman–Crippen LogP) is 4.40. The molecule has 96 valence electrons. The number of rotatable bonds is 4. The summed E-state index contributed by atoms with van der Waals surface area (Å²) in [5.41, 5.74) is 0. The van der Waals surface area contributed by atoms with Gasteiger partial charge in [-0.15, -0.1) is 11.3 Å². The Morgan fingerprint density at radius 2 is 2.24 bits per heavy atom. The fourth-order valence-electron chi connectivity index (χ4n) is 2.12. The van der Waals surface area contributed by atoms with E-state index >= 15 is 0 Å². The highest BCUT2D eigenvalue weighted by molar-refractivity contribution is 9.10. The van der Waals surface area contributed by atoms with Crippen LogP contribution >= 0.6 is 50.8 Å². The molecular formula is C12H18BrNS3. The first-order valence-corrected chi connectivity index (χ1v) is 9.70. The van der Waals surface area contributed by atoms with Crippen LogP contribution in [0.3, 0.4) is 0 Å². The standard InChI is InChI=1S/C12H18BrNS3/c1-3-14-10(12-9(13)4-5-16-12)11-8(2)15-6-7-17-11/h4-5,8,10-11,14H,3,6-7H2,1-2H3. The van der Waals surface area contributed by atoms with E-state index in [1.54, 1.807) is 0 Å². The van der Waals surface area contributed by atoms with Gasteiger partial charge in [0.25, 0.3) is 0 Å². The average Bonchev–Trinajstić information content (AvgIpc) is 2.74. The van der Waals surface area contributed by atoms with Crippen LogP contribution in [0.1, 0.15) is 24.8 Å². The molecule has 1 fully saturated rings. The zero-order valence-electron chi connectivity index (χ0n) is 10.1. The molecule has 0 bridgehead atoms. The van der Waals surface area contributed by atoms with Crippen LogP contribution in [0.4, 0.5) is 0 Å². The van der Waals surface area contributed by atoms with E-state index in [1.807, 2.05) is 11.3 Å². The number of nitrogens with one attached hydrogen (secondary N) is 1. The highest BCUT2D eigenvalue weighted by atomic mass is 79.9. The van der Waals surface area contributed by atoms with Gasteiger partial charge in [0.05, 0.1) is 6.04 Å². The fourth-order valence-corrected chi connectivity index (χ4v) is 6.88. The van der Waals surface area contributed by atoms with Gasteiger partial charge in [-0.1, -0.05) is 13.8 Å². The first kappa shape index (κ1) is 14.3. The van der Waals surface area contributed by atoms with E-state index in [0.29, 0.717) is 11.3 Å². The third kappa shape index (κ3) is 3.44. The molecule has 1 saturated heterocycles. The second kappa shape index (κ2) is 6.85. The molecule has 0 spiro atoms. The highest BCUT2D eigenvalue weighted by Crippen LogP contribution is 2.42. The third-order valence-electron chi connectivity index (χ3n) is 2.92. The summed E-state index contributed by atoms with van der Waals surface area (Å²) in [6.07, 6.45) is 0. The minimum Gasteiger partial charge on any atom is -0.309 e. The van der Waals surface area contributed by atoms with Gasteiger partial charge in [-0.2, -0.15) is 23.5 Å². The molecule has 1 aliphatic heterocycles. The Kier molecular flexibility index (Phi) is 5.74. The van der Waals surface area contributed by atoms with Crippen molar-refractivity contribution < 1.29 is 0 Å². The molecule has 1 nitrogen and oxygen atoms in total. The lowest BCUT2D eigenvalue weighted by Crippen LogP contribution is -2.37. The first-order valence-electron chi connectivity index (χ1n) is 5.93. The van der Waals surface area contributed by atoms with Crippen molar-refractivity contribution in [3.05, 3.63) is 20.8 Å². The van der Waals surface area contributed by atoms with E-state index in [4.69, 9.17) is 0 Å². The van der Waals surface area contributed by atoms with Crippen LogP contribution in [0.15, 0.2) is 15.9 Å². The smallest absolute Gasteiger partial charge is 0.0557 e. The fraction of sp³-hybridized carbons (Fsp3) is 0.667. The topological polar surface area (TPSA) is 12.0 Å². The molecule has 0 aromatic carbocycles. The zero-order valence-corrected chi connectivity index (χ0v) is 14.1. The van der Waals surface area contributed by atoms with Gasteiger partial charge < -0.3 is 5.32 Å². The number of thiophene rings is 1. The maximum Gasteiger partial charge on any atom is 0.0557 e. The van der Waals surface area contributed by atoms with Crippen LogP contribution in [0.25, 0.3) is 0 Å². The summed E-state index contributed by atoms with van der Waals surface area (Å²) in [7, 11) is 0. The van der Waals surface area contributed by atoms with Crippen molar-refractivity contribution in [2.75, 3.05) is 18.1 Å². The minimum atomic E-state index is 0.488. The number of hydrogen-bond donors (Lipinski definition) is 1. The Hall–Kier alpha value is 0.840. The molecule has 1 aromatic rings. The molecule has 0 saturated carbocycles. The highest BCUT2D eigenvalue weighted by Gasteiger charge is 2.32. The van der Waals surface area contributed by atoms with Crippen LogP contribution in [0.5, 0.6) is 0 Å². The molecule has 2 heterocycles. The van der Waals surface area contributed by atoms with Crippen LogP contribution in [0.2, 0.25) is 0 Å². The van der Waals surface area contributed by atoms with Gasteiger partial charge >= 0.3 is 0 Å². The van der Waals surface area contributed by atoms with Crippen molar-refractivity contribution >= 4 is 50.8 Å². The SMILES string of the molecule is CCNC(c1sccc1Br)C1SCCSC1C. The Morgan fingerprint density at radius 1 is 1.47 bits per heavy atom. The number of hydrogen-bond acceptors (Lipinski definition) is 4. The molecule has 5 heteroatoms. The molecule has 1 aliphatic rings. The van der Waals surface area contributed by atoms with Crippen molar-refractivity contribution in [1.82, 2.24) is 5.32 Å². The molecule has 2 rings (SSSR count). The quantitative estimate of drug-likeness (QED) is 0.863. The summed E-state index contributed by atoms with van der Waals surface area (Å²) in [4.78, 5) is 1.46. The van der Waals surface area contributed by atoms with E-state index in [1.165, 1.54) is 20.9 Å². The Morgan fingerprint density at radius 3 is 2.82 bits per heavy atom. The van der Waals surface area contributed by atoms with Gasteiger partial charge in [0.2, 0.25) is 0 Å². The van der Waals surface area contributed by atoms with E-state index < -0.39 is 0 Å². The van der Waals surface area contributed by atoms with Crippen molar-refractivity contribution in [3.63, 3.8) is 0 Å². The van der Waals surface area contributed by atoms with Gasteiger partial charge in [-0.3, -0.25) is 0 Å². The van der Waals surface area contributed by atoms with Gasteiger partial charge in [0.15, 0.2) is 0 Å². The molecule has 0 amide bonds. The maximum atomic E-state index is 3.68. The van der Waals surface area contributed by atoms with Crippen LogP contribution in [-0.2, 0) is 0 Å². The Labute approximate surface area is 125 Å².